The number of nitrogens with zero attached hydrogens (tertiary/aromatic N) is 2. The Bertz CT molecular complexity index is 538. The van der Waals surface area contributed by atoms with Crippen molar-refractivity contribution in [2.45, 2.75) is 35.7 Å². The average Bonchev–Trinajstić information content (AvgIpc) is 3.13. The highest BCUT2D eigenvalue weighted by atomic mass is 32.2. The van der Waals surface area contributed by atoms with Gasteiger partial charge in [0.2, 0.25) is 5.95 Å². The van der Waals surface area contributed by atoms with Crippen LogP contribution >= 0.6 is 11.8 Å². The summed E-state index contributed by atoms with van der Waals surface area (Å²) in [6.07, 6.45) is 2.47. The Hall–Kier alpha value is -1.55. The lowest BCUT2D eigenvalue weighted by Gasteiger charge is -2.06. The summed E-state index contributed by atoms with van der Waals surface area (Å²) in [6.45, 7) is 2.01. The molecule has 1 aliphatic rings. The van der Waals surface area contributed by atoms with Crippen molar-refractivity contribution in [2.24, 2.45) is 0 Å². The molecule has 2 aromatic rings. The Morgan fingerprint density at radius 1 is 1.17 bits per heavy atom. The molecule has 1 heterocycles. The van der Waals surface area contributed by atoms with E-state index < -0.39 is 0 Å². The molecule has 0 amide bonds. The molecule has 0 atom stereocenters. The first kappa shape index (κ1) is 11.5. The maximum Gasteiger partial charge on any atom is 0.224 e. The van der Waals surface area contributed by atoms with E-state index in [0.29, 0.717) is 6.04 Å². The minimum atomic E-state index is 0.585. The number of benzene rings is 1. The molecule has 18 heavy (non-hydrogen) atoms. The fraction of sp³-hybridized carbons (Fsp3) is 0.286. The van der Waals surface area contributed by atoms with Crippen LogP contribution in [-0.2, 0) is 0 Å². The minimum absolute atomic E-state index is 0.585. The summed E-state index contributed by atoms with van der Waals surface area (Å²) in [5.74, 6) is 0.760. The third kappa shape index (κ3) is 3.01. The second-order valence-corrected chi connectivity index (χ2v) is 5.60. The van der Waals surface area contributed by atoms with Crippen molar-refractivity contribution in [3.8, 4) is 0 Å². The molecule has 0 unspecified atom stereocenters. The van der Waals surface area contributed by atoms with Crippen molar-refractivity contribution in [3.63, 3.8) is 0 Å². The van der Waals surface area contributed by atoms with E-state index in [2.05, 4.69) is 27.4 Å². The molecule has 1 fully saturated rings. The van der Waals surface area contributed by atoms with E-state index in [1.165, 1.54) is 17.7 Å². The normalized spacial score (nSPS) is 14.5. The molecule has 0 bridgehead atoms. The van der Waals surface area contributed by atoms with Gasteiger partial charge in [-0.25, -0.2) is 9.97 Å². The zero-order valence-electron chi connectivity index (χ0n) is 10.3. The van der Waals surface area contributed by atoms with Crippen LogP contribution in [0.4, 0.5) is 5.95 Å². The number of anilines is 1. The molecule has 1 aliphatic carbocycles. The van der Waals surface area contributed by atoms with Crippen LogP contribution in [0.1, 0.15) is 18.5 Å². The third-order valence-corrected chi connectivity index (χ3v) is 3.63. The third-order valence-electron chi connectivity index (χ3n) is 2.71. The van der Waals surface area contributed by atoms with E-state index in [9.17, 15) is 0 Å². The molecule has 4 heteroatoms. The lowest BCUT2D eigenvalue weighted by atomic mass is 10.4. The number of aryl methyl sites for hydroxylation is 1. The van der Waals surface area contributed by atoms with Crippen molar-refractivity contribution in [3.05, 3.63) is 42.1 Å². The van der Waals surface area contributed by atoms with Gasteiger partial charge in [-0.1, -0.05) is 30.0 Å². The Labute approximate surface area is 111 Å². The average molecular weight is 257 g/mol. The molecule has 92 valence electrons. The van der Waals surface area contributed by atoms with Crippen molar-refractivity contribution in [1.82, 2.24) is 9.97 Å². The quantitative estimate of drug-likeness (QED) is 0.851. The SMILES string of the molecule is Cc1cc(Sc2ccccc2)nc(NC2CC2)n1. The van der Waals surface area contributed by atoms with Crippen molar-refractivity contribution >= 4 is 17.7 Å². The summed E-state index contributed by atoms with van der Waals surface area (Å²) in [5.41, 5.74) is 1.01. The second-order valence-electron chi connectivity index (χ2n) is 4.50. The lowest BCUT2D eigenvalue weighted by molar-refractivity contribution is 0.970. The maximum atomic E-state index is 4.55. The van der Waals surface area contributed by atoms with Gasteiger partial charge in [-0.15, -0.1) is 0 Å². The molecule has 0 radical (unpaired) electrons. The summed E-state index contributed by atoms with van der Waals surface area (Å²) >= 11 is 1.67. The van der Waals surface area contributed by atoms with Crippen LogP contribution in [0, 0.1) is 6.92 Å². The van der Waals surface area contributed by atoms with Gasteiger partial charge >= 0.3 is 0 Å². The van der Waals surface area contributed by atoms with Gasteiger partial charge in [0.25, 0.3) is 0 Å². The first-order chi connectivity index (χ1) is 8.79. The monoisotopic (exact) mass is 257 g/mol. The Balaban J connectivity index is 1.80. The summed E-state index contributed by atoms with van der Waals surface area (Å²) in [7, 11) is 0. The Morgan fingerprint density at radius 2 is 1.94 bits per heavy atom. The Morgan fingerprint density at radius 3 is 2.67 bits per heavy atom. The fourth-order valence-corrected chi connectivity index (χ4v) is 2.57. The molecule has 1 saturated carbocycles. The first-order valence-corrected chi connectivity index (χ1v) is 6.96. The van der Waals surface area contributed by atoms with Gasteiger partial charge in [0.15, 0.2) is 0 Å². The van der Waals surface area contributed by atoms with Crippen molar-refractivity contribution in [2.75, 3.05) is 5.32 Å². The van der Waals surface area contributed by atoms with Gasteiger partial charge in [0.1, 0.15) is 5.03 Å². The number of hydrogen-bond acceptors (Lipinski definition) is 4. The van der Waals surface area contributed by atoms with E-state index in [0.717, 1.165) is 16.7 Å². The van der Waals surface area contributed by atoms with Crippen molar-refractivity contribution < 1.29 is 0 Å². The van der Waals surface area contributed by atoms with E-state index in [1.807, 2.05) is 31.2 Å². The largest absolute Gasteiger partial charge is 0.351 e. The number of rotatable bonds is 4. The Kier molecular flexibility index (Phi) is 3.19. The van der Waals surface area contributed by atoms with Crippen LogP contribution in [0.15, 0.2) is 46.3 Å². The van der Waals surface area contributed by atoms with Crippen LogP contribution in [0.2, 0.25) is 0 Å². The molecule has 1 aromatic heterocycles. The number of aromatic nitrogens is 2. The zero-order chi connectivity index (χ0) is 12.4. The highest BCUT2D eigenvalue weighted by molar-refractivity contribution is 7.99. The molecule has 0 aliphatic heterocycles. The first-order valence-electron chi connectivity index (χ1n) is 6.15. The van der Waals surface area contributed by atoms with Gasteiger partial charge in [-0.05, 0) is 38.0 Å². The van der Waals surface area contributed by atoms with E-state index in [-0.39, 0.29) is 0 Å². The standard InChI is InChI=1S/C14H15N3S/c1-10-9-13(18-12-5-3-2-4-6-12)17-14(15-10)16-11-7-8-11/h2-6,9,11H,7-8H2,1H3,(H,15,16,17). The highest BCUT2D eigenvalue weighted by Crippen LogP contribution is 2.28. The van der Waals surface area contributed by atoms with Crippen molar-refractivity contribution in [1.29, 1.82) is 0 Å². The predicted octanol–water partition coefficient (Wildman–Crippen LogP) is 3.51. The van der Waals surface area contributed by atoms with Gasteiger partial charge < -0.3 is 5.32 Å². The predicted molar refractivity (Wildman–Crippen MR) is 74.0 cm³/mol. The van der Waals surface area contributed by atoms with Crippen LogP contribution in [0.25, 0.3) is 0 Å². The number of nitrogens with one attached hydrogen (secondary N) is 1. The molecule has 0 saturated heterocycles. The van der Waals surface area contributed by atoms with E-state index in [4.69, 9.17) is 0 Å². The molecule has 3 rings (SSSR count). The molecule has 1 N–H and O–H groups in total. The van der Waals surface area contributed by atoms with E-state index in [1.54, 1.807) is 11.8 Å². The summed E-state index contributed by atoms with van der Waals surface area (Å²) < 4.78 is 0. The van der Waals surface area contributed by atoms with E-state index >= 15 is 0 Å². The van der Waals surface area contributed by atoms with Crippen LogP contribution in [0.5, 0.6) is 0 Å². The van der Waals surface area contributed by atoms with Gasteiger partial charge in [0, 0.05) is 16.6 Å². The fourth-order valence-electron chi connectivity index (χ4n) is 1.68. The molecule has 3 nitrogen and oxygen atoms in total. The summed E-state index contributed by atoms with van der Waals surface area (Å²) in [6, 6.07) is 12.9. The van der Waals surface area contributed by atoms with Gasteiger partial charge in [0.05, 0.1) is 0 Å². The summed E-state index contributed by atoms with van der Waals surface area (Å²) in [5, 5.41) is 4.34. The molecule has 1 aromatic carbocycles. The highest BCUT2D eigenvalue weighted by Gasteiger charge is 2.22. The molecular weight excluding hydrogens is 242 g/mol. The lowest BCUT2D eigenvalue weighted by Crippen LogP contribution is -2.06. The smallest absolute Gasteiger partial charge is 0.224 e. The molecular formula is C14H15N3S. The minimum Gasteiger partial charge on any atom is -0.351 e. The van der Waals surface area contributed by atoms with Crippen LogP contribution in [0.3, 0.4) is 0 Å². The zero-order valence-corrected chi connectivity index (χ0v) is 11.1. The second kappa shape index (κ2) is 4.98. The van der Waals surface area contributed by atoms with Gasteiger partial charge in [-0.2, -0.15) is 0 Å². The maximum absolute atomic E-state index is 4.55. The topological polar surface area (TPSA) is 37.8 Å². The van der Waals surface area contributed by atoms with Crippen LogP contribution < -0.4 is 5.32 Å². The van der Waals surface area contributed by atoms with Gasteiger partial charge in [-0.3, -0.25) is 0 Å². The summed E-state index contributed by atoms with van der Waals surface area (Å²) in [4.78, 5) is 10.2. The molecule has 0 spiro atoms. The van der Waals surface area contributed by atoms with Crippen LogP contribution in [-0.4, -0.2) is 16.0 Å². The number of hydrogen-bond donors (Lipinski definition) is 1.